The molecule has 0 bridgehead atoms. The number of aromatic nitrogens is 3. The van der Waals surface area contributed by atoms with Crippen LogP contribution in [0.5, 0.6) is 0 Å². The van der Waals surface area contributed by atoms with E-state index in [0.29, 0.717) is 19.0 Å². The lowest BCUT2D eigenvalue weighted by atomic mass is 10.2. The monoisotopic (exact) mass is 338 g/mol. The lowest BCUT2D eigenvalue weighted by Gasteiger charge is -2.12. The van der Waals surface area contributed by atoms with E-state index in [1.54, 1.807) is 19.4 Å². The zero-order valence-electron chi connectivity index (χ0n) is 13.9. The fraction of sp³-hybridized carbons (Fsp3) is 0.167. The molecule has 0 fully saturated rings. The summed E-state index contributed by atoms with van der Waals surface area (Å²) in [5.41, 5.74) is 1.84. The van der Waals surface area contributed by atoms with Gasteiger partial charge in [0, 0.05) is 19.3 Å². The summed E-state index contributed by atoms with van der Waals surface area (Å²) in [6.07, 6.45) is 1.68. The highest BCUT2D eigenvalue weighted by Gasteiger charge is 2.07. The molecule has 0 aliphatic heterocycles. The Hall–Kier alpha value is -3.22. The van der Waals surface area contributed by atoms with Gasteiger partial charge in [0.15, 0.2) is 11.8 Å². The van der Waals surface area contributed by atoms with E-state index < -0.39 is 0 Å². The highest BCUT2D eigenvalue weighted by molar-refractivity contribution is 5.79. The molecule has 0 radical (unpaired) electrons. The zero-order chi connectivity index (χ0) is 17.5. The van der Waals surface area contributed by atoms with Crippen LogP contribution in [0.3, 0.4) is 0 Å². The number of rotatable bonds is 5. The van der Waals surface area contributed by atoms with Crippen LogP contribution in [0.15, 0.2) is 65.9 Å². The first-order chi connectivity index (χ1) is 12.3. The van der Waals surface area contributed by atoms with Crippen molar-refractivity contribution in [3.63, 3.8) is 0 Å². The number of hydrogen-bond donors (Lipinski definition) is 2. The molecule has 0 saturated heterocycles. The molecule has 25 heavy (non-hydrogen) atoms. The van der Waals surface area contributed by atoms with Crippen LogP contribution >= 0.6 is 0 Å². The van der Waals surface area contributed by atoms with E-state index in [0.717, 1.165) is 17.1 Å². The summed E-state index contributed by atoms with van der Waals surface area (Å²) in [7, 11) is 1.68. The van der Waals surface area contributed by atoms with Crippen molar-refractivity contribution < 1.29 is 4.39 Å². The summed E-state index contributed by atoms with van der Waals surface area (Å²) >= 11 is 0. The molecular formula is C18H19FN6. The van der Waals surface area contributed by atoms with Crippen LogP contribution < -0.4 is 10.6 Å². The summed E-state index contributed by atoms with van der Waals surface area (Å²) in [5, 5.41) is 14.5. The van der Waals surface area contributed by atoms with Crippen molar-refractivity contribution in [2.24, 2.45) is 4.99 Å². The summed E-state index contributed by atoms with van der Waals surface area (Å²) < 4.78 is 15.1. The largest absolute Gasteiger partial charge is 0.352 e. The predicted molar refractivity (Wildman–Crippen MR) is 94.8 cm³/mol. The van der Waals surface area contributed by atoms with Crippen LogP contribution in [0.4, 0.5) is 4.39 Å². The van der Waals surface area contributed by atoms with E-state index in [9.17, 15) is 4.39 Å². The van der Waals surface area contributed by atoms with Crippen LogP contribution in [-0.2, 0) is 13.1 Å². The fourth-order valence-corrected chi connectivity index (χ4v) is 2.40. The molecule has 0 atom stereocenters. The molecule has 2 N–H and O–H groups in total. The lowest BCUT2D eigenvalue weighted by Crippen LogP contribution is -2.36. The normalized spacial score (nSPS) is 11.4. The van der Waals surface area contributed by atoms with Crippen LogP contribution in [0.1, 0.15) is 11.4 Å². The molecule has 0 aliphatic rings. The molecule has 6 nitrogen and oxygen atoms in total. The van der Waals surface area contributed by atoms with Gasteiger partial charge in [0.1, 0.15) is 12.1 Å². The number of nitrogens with one attached hydrogen (secondary N) is 2. The molecule has 0 saturated carbocycles. The summed E-state index contributed by atoms with van der Waals surface area (Å²) in [6, 6.07) is 16.3. The van der Waals surface area contributed by atoms with E-state index >= 15 is 0 Å². The molecule has 3 rings (SSSR count). The molecule has 128 valence electrons. The first-order valence-corrected chi connectivity index (χ1v) is 7.89. The highest BCUT2D eigenvalue weighted by Crippen LogP contribution is 2.08. The third-order valence-electron chi connectivity index (χ3n) is 3.64. The Balaban J connectivity index is 1.60. The van der Waals surface area contributed by atoms with Gasteiger partial charge in [0.25, 0.3) is 0 Å². The molecule has 1 aromatic heterocycles. The van der Waals surface area contributed by atoms with Gasteiger partial charge in [-0.2, -0.15) is 0 Å². The number of hydrogen-bond acceptors (Lipinski definition) is 3. The van der Waals surface area contributed by atoms with Crippen LogP contribution in [-0.4, -0.2) is 27.8 Å². The maximum Gasteiger partial charge on any atom is 0.191 e. The van der Waals surface area contributed by atoms with Crippen molar-refractivity contribution in [3.8, 4) is 5.69 Å². The standard InChI is InChI=1S/C18H19FN6/c1-20-18(21-11-14-6-5-7-15(19)10-14)22-12-17-24-23-13-25(17)16-8-3-2-4-9-16/h2-10,13H,11-12H2,1H3,(H2,20,21,22). The number of para-hydroxylation sites is 1. The van der Waals surface area contributed by atoms with Gasteiger partial charge < -0.3 is 10.6 Å². The van der Waals surface area contributed by atoms with Gasteiger partial charge in [-0.3, -0.25) is 9.56 Å². The van der Waals surface area contributed by atoms with Crippen LogP contribution in [0.25, 0.3) is 5.69 Å². The van der Waals surface area contributed by atoms with Crippen molar-refractivity contribution in [1.82, 2.24) is 25.4 Å². The summed E-state index contributed by atoms with van der Waals surface area (Å²) in [5.74, 6) is 1.12. The first kappa shape index (κ1) is 16.6. The van der Waals surface area contributed by atoms with Gasteiger partial charge in [0.05, 0.1) is 6.54 Å². The number of aliphatic imine (C=N–C) groups is 1. The number of nitrogens with zero attached hydrogens (tertiary/aromatic N) is 4. The number of halogens is 1. The van der Waals surface area contributed by atoms with Gasteiger partial charge in [-0.05, 0) is 29.8 Å². The molecule has 1 heterocycles. The van der Waals surface area contributed by atoms with Gasteiger partial charge in [-0.25, -0.2) is 4.39 Å². The molecule has 0 amide bonds. The molecule has 7 heteroatoms. The predicted octanol–water partition coefficient (Wildman–Crippen LogP) is 2.27. The topological polar surface area (TPSA) is 67.1 Å². The second kappa shape index (κ2) is 8.05. The number of guanidine groups is 1. The molecule has 0 unspecified atom stereocenters. The van der Waals surface area contributed by atoms with Gasteiger partial charge in [-0.15, -0.1) is 10.2 Å². The molecule has 0 spiro atoms. The van der Waals surface area contributed by atoms with Crippen LogP contribution in [0.2, 0.25) is 0 Å². The van der Waals surface area contributed by atoms with Gasteiger partial charge >= 0.3 is 0 Å². The SMILES string of the molecule is CN=C(NCc1cccc(F)c1)NCc1nncn1-c1ccccc1. The van der Waals surface area contributed by atoms with E-state index in [1.165, 1.54) is 12.1 Å². The second-order valence-corrected chi connectivity index (χ2v) is 5.36. The smallest absolute Gasteiger partial charge is 0.191 e. The first-order valence-electron chi connectivity index (χ1n) is 7.89. The average Bonchev–Trinajstić information content (AvgIpc) is 3.11. The van der Waals surface area contributed by atoms with Crippen molar-refractivity contribution in [2.45, 2.75) is 13.1 Å². The van der Waals surface area contributed by atoms with E-state index in [1.807, 2.05) is 41.0 Å². The van der Waals surface area contributed by atoms with Gasteiger partial charge in [0.2, 0.25) is 0 Å². The Morgan fingerprint density at radius 1 is 1.08 bits per heavy atom. The van der Waals surface area contributed by atoms with Crippen molar-refractivity contribution in [3.05, 3.63) is 78.1 Å². The molecule has 3 aromatic rings. The van der Waals surface area contributed by atoms with Crippen molar-refractivity contribution >= 4 is 5.96 Å². The van der Waals surface area contributed by atoms with E-state index in [-0.39, 0.29) is 5.82 Å². The minimum atomic E-state index is -0.252. The Bertz CT molecular complexity index is 844. The number of benzene rings is 2. The Labute approximate surface area is 145 Å². The average molecular weight is 338 g/mol. The van der Waals surface area contributed by atoms with Crippen molar-refractivity contribution in [2.75, 3.05) is 7.05 Å². The summed E-state index contributed by atoms with van der Waals surface area (Å²) in [6.45, 7) is 0.931. The Morgan fingerprint density at radius 2 is 1.88 bits per heavy atom. The molecule has 0 aliphatic carbocycles. The zero-order valence-corrected chi connectivity index (χ0v) is 13.9. The maximum absolute atomic E-state index is 13.2. The molecule has 2 aromatic carbocycles. The summed E-state index contributed by atoms with van der Waals surface area (Å²) in [4.78, 5) is 4.17. The maximum atomic E-state index is 13.2. The van der Waals surface area contributed by atoms with E-state index in [4.69, 9.17) is 0 Å². The van der Waals surface area contributed by atoms with Crippen LogP contribution in [0, 0.1) is 5.82 Å². The Morgan fingerprint density at radius 3 is 2.64 bits per heavy atom. The second-order valence-electron chi connectivity index (χ2n) is 5.36. The van der Waals surface area contributed by atoms with Gasteiger partial charge in [-0.1, -0.05) is 30.3 Å². The lowest BCUT2D eigenvalue weighted by molar-refractivity contribution is 0.624. The quantitative estimate of drug-likeness (QED) is 0.553. The molecular weight excluding hydrogens is 319 g/mol. The minimum absolute atomic E-state index is 0.252. The third kappa shape index (κ3) is 4.41. The van der Waals surface area contributed by atoms with E-state index in [2.05, 4.69) is 25.8 Å². The fourth-order valence-electron chi connectivity index (χ4n) is 2.40. The highest BCUT2D eigenvalue weighted by atomic mass is 19.1. The Kier molecular flexibility index (Phi) is 5.36. The minimum Gasteiger partial charge on any atom is -0.352 e. The third-order valence-corrected chi connectivity index (χ3v) is 3.64. The van der Waals surface area contributed by atoms with Crippen molar-refractivity contribution in [1.29, 1.82) is 0 Å².